The molecule has 0 aliphatic carbocycles. The van der Waals surface area contributed by atoms with Crippen LogP contribution < -0.4 is 10.0 Å². The first-order valence-electron chi connectivity index (χ1n) is 5.48. The molecule has 1 aromatic carbocycles. The molecule has 0 bridgehead atoms. The van der Waals surface area contributed by atoms with Gasteiger partial charge in [-0.25, -0.2) is 8.42 Å². The molecule has 0 fully saturated rings. The third kappa shape index (κ3) is 2.86. The van der Waals surface area contributed by atoms with Crippen molar-refractivity contribution in [3.63, 3.8) is 0 Å². The van der Waals surface area contributed by atoms with E-state index in [4.69, 9.17) is 0 Å². The van der Waals surface area contributed by atoms with Crippen molar-refractivity contribution in [3.8, 4) is 0 Å². The van der Waals surface area contributed by atoms with Gasteiger partial charge in [-0.1, -0.05) is 6.07 Å². The van der Waals surface area contributed by atoms with Crippen LogP contribution in [0.25, 0.3) is 0 Å². The summed E-state index contributed by atoms with van der Waals surface area (Å²) >= 11 is 0. The third-order valence-electron chi connectivity index (χ3n) is 2.50. The molecule has 1 heterocycles. The van der Waals surface area contributed by atoms with Gasteiger partial charge in [0.25, 0.3) is 10.0 Å². The van der Waals surface area contributed by atoms with E-state index in [-0.39, 0.29) is 4.90 Å². The zero-order valence-corrected chi connectivity index (χ0v) is 10.4. The van der Waals surface area contributed by atoms with E-state index in [1.165, 1.54) is 12.1 Å². The number of nitrogens with zero attached hydrogens (tertiary/aromatic N) is 1. The summed E-state index contributed by atoms with van der Waals surface area (Å²) in [7, 11) is -3.62. The Balaban J connectivity index is 2.23. The van der Waals surface area contributed by atoms with Crippen molar-refractivity contribution in [2.75, 3.05) is 11.9 Å². The minimum atomic E-state index is -3.62. The summed E-state index contributed by atoms with van der Waals surface area (Å²) in [6, 6.07) is 6.04. The largest absolute Gasteiger partial charge is 0.329 e. The fourth-order valence-electron chi connectivity index (χ4n) is 1.66. The average molecular weight is 267 g/mol. The fraction of sp³-hybridized carbons (Fsp3) is 0.273. The first-order valence-corrected chi connectivity index (χ1v) is 6.96. The lowest BCUT2D eigenvalue weighted by atomic mass is 10.3. The van der Waals surface area contributed by atoms with Gasteiger partial charge in [-0.05, 0) is 24.6 Å². The Bertz CT molecular complexity index is 581. The number of nitrogens with one attached hydrogen (secondary N) is 2. The maximum absolute atomic E-state index is 12.0. The number of anilines is 1. The predicted molar refractivity (Wildman–Crippen MR) is 68.0 cm³/mol. The van der Waals surface area contributed by atoms with Crippen LogP contribution in [0, 0.1) is 0 Å². The van der Waals surface area contributed by atoms with E-state index in [1.54, 1.807) is 12.1 Å². The van der Waals surface area contributed by atoms with Crippen molar-refractivity contribution >= 4 is 28.0 Å². The number of benzene rings is 1. The van der Waals surface area contributed by atoms with Gasteiger partial charge in [0.2, 0.25) is 6.41 Å². The van der Waals surface area contributed by atoms with Crippen LogP contribution in [-0.2, 0) is 14.8 Å². The normalized spacial score (nSPS) is 15.0. The second-order valence-electron chi connectivity index (χ2n) is 3.83. The molecule has 7 heteroatoms. The molecule has 0 aromatic heterocycles. The number of aliphatic imine (C=N–C) groups is 1. The highest BCUT2D eigenvalue weighted by Gasteiger charge is 2.18. The van der Waals surface area contributed by atoms with Crippen molar-refractivity contribution in [2.45, 2.75) is 17.7 Å². The van der Waals surface area contributed by atoms with Crippen LogP contribution in [0.5, 0.6) is 0 Å². The van der Waals surface area contributed by atoms with Crippen molar-refractivity contribution in [1.82, 2.24) is 4.72 Å². The van der Waals surface area contributed by atoms with E-state index in [0.717, 1.165) is 6.42 Å². The van der Waals surface area contributed by atoms with Gasteiger partial charge < -0.3 is 5.32 Å². The number of amides is 1. The molecule has 2 N–H and O–H groups in total. The van der Waals surface area contributed by atoms with Crippen LogP contribution in [-0.4, -0.2) is 27.2 Å². The first kappa shape index (κ1) is 12.6. The summed E-state index contributed by atoms with van der Waals surface area (Å²) in [5.74, 6) is 0.490. The molecule has 0 spiro atoms. The quantitative estimate of drug-likeness (QED) is 0.788. The van der Waals surface area contributed by atoms with Crippen LogP contribution in [0.4, 0.5) is 5.69 Å². The molecule has 0 unspecified atom stereocenters. The minimum absolute atomic E-state index is 0.101. The Kier molecular flexibility index (Phi) is 3.61. The van der Waals surface area contributed by atoms with Gasteiger partial charge in [-0.2, -0.15) is 0 Å². The second kappa shape index (κ2) is 5.18. The molecule has 0 radical (unpaired) electrons. The molecule has 1 aliphatic heterocycles. The Morgan fingerprint density at radius 3 is 2.83 bits per heavy atom. The molecule has 96 valence electrons. The second-order valence-corrected chi connectivity index (χ2v) is 5.51. The van der Waals surface area contributed by atoms with Crippen molar-refractivity contribution in [3.05, 3.63) is 24.3 Å². The lowest BCUT2D eigenvalue weighted by Gasteiger charge is -2.08. The molecule has 18 heavy (non-hydrogen) atoms. The van der Waals surface area contributed by atoms with Crippen molar-refractivity contribution in [2.24, 2.45) is 4.99 Å². The number of amidine groups is 1. The smallest absolute Gasteiger partial charge is 0.262 e. The maximum Gasteiger partial charge on any atom is 0.262 e. The SMILES string of the molecule is O=CNc1cccc(S(=O)(=O)NC2=NCCC2)c1. The highest BCUT2D eigenvalue weighted by Crippen LogP contribution is 2.15. The molecule has 1 amide bonds. The van der Waals surface area contributed by atoms with Gasteiger partial charge in [-0.15, -0.1) is 0 Å². The van der Waals surface area contributed by atoms with E-state index >= 15 is 0 Å². The zero-order chi connectivity index (χ0) is 13.0. The summed E-state index contributed by atoms with van der Waals surface area (Å²) in [5, 5.41) is 2.41. The summed E-state index contributed by atoms with van der Waals surface area (Å²) < 4.78 is 26.5. The summed E-state index contributed by atoms with van der Waals surface area (Å²) in [4.78, 5) is 14.5. The van der Waals surface area contributed by atoms with E-state index in [1.807, 2.05) is 0 Å². The molecule has 1 aliphatic rings. The molecule has 6 nitrogen and oxygen atoms in total. The standard InChI is InChI=1S/C11H13N3O3S/c15-8-13-9-3-1-4-10(7-9)18(16,17)14-11-5-2-6-12-11/h1,3-4,7-8H,2,5-6H2,(H,12,14)(H,13,15). The number of sulfonamides is 1. The third-order valence-corrected chi connectivity index (χ3v) is 3.88. The number of rotatable bonds is 4. The molecule has 0 saturated heterocycles. The van der Waals surface area contributed by atoms with Crippen LogP contribution in [0.3, 0.4) is 0 Å². The predicted octanol–water partition coefficient (Wildman–Crippen LogP) is 0.725. The van der Waals surface area contributed by atoms with E-state index in [2.05, 4.69) is 15.0 Å². The van der Waals surface area contributed by atoms with Gasteiger partial charge >= 0.3 is 0 Å². The highest BCUT2D eigenvalue weighted by molar-refractivity contribution is 7.90. The molecule has 1 aromatic rings. The lowest BCUT2D eigenvalue weighted by molar-refractivity contribution is -0.105. The van der Waals surface area contributed by atoms with Gasteiger partial charge in [0.1, 0.15) is 5.84 Å². The summed E-state index contributed by atoms with van der Waals surface area (Å²) in [5.41, 5.74) is 0.432. The summed E-state index contributed by atoms with van der Waals surface area (Å²) in [6.07, 6.45) is 2.01. The number of hydrogen-bond donors (Lipinski definition) is 2. The van der Waals surface area contributed by atoms with Gasteiger partial charge in [0.15, 0.2) is 0 Å². The fourth-order valence-corrected chi connectivity index (χ4v) is 2.79. The highest BCUT2D eigenvalue weighted by atomic mass is 32.2. The topological polar surface area (TPSA) is 87.6 Å². The van der Waals surface area contributed by atoms with Gasteiger partial charge in [0, 0.05) is 18.7 Å². The van der Waals surface area contributed by atoms with Crippen molar-refractivity contribution < 1.29 is 13.2 Å². The Morgan fingerprint density at radius 2 is 2.17 bits per heavy atom. The molecule has 2 rings (SSSR count). The van der Waals surface area contributed by atoms with E-state index < -0.39 is 10.0 Å². The molecular weight excluding hydrogens is 254 g/mol. The van der Waals surface area contributed by atoms with Crippen molar-refractivity contribution in [1.29, 1.82) is 0 Å². The van der Waals surface area contributed by atoms with Crippen LogP contribution >= 0.6 is 0 Å². The average Bonchev–Trinajstić information content (AvgIpc) is 2.82. The maximum atomic E-state index is 12.0. The van der Waals surface area contributed by atoms with E-state index in [9.17, 15) is 13.2 Å². The van der Waals surface area contributed by atoms with Crippen LogP contribution in [0.2, 0.25) is 0 Å². The Labute approximate surface area is 105 Å². The number of carbonyl (C=O) groups is 1. The van der Waals surface area contributed by atoms with E-state index in [0.29, 0.717) is 30.9 Å². The van der Waals surface area contributed by atoms with Crippen LogP contribution in [0.15, 0.2) is 34.2 Å². The molecule has 0 atom stereocenters. The monoisotopic (exact) mass is 267 g/mol. The molecule has 0 saturated carbocycles. The summed E-state index contributed by atoms with van der Waals surface area (Å²) in [6.45, 7) is 0.657. The van der Waals surface area contributed by atoms with Crippen LogP contribution in [0.1, 0.15) is 12.8 Å². The molecular formula is C11H13N3O3S. The first-order chi connectivity index (χ1) is 8.62. The number of hydrogen-bond acceptors (Lipinski definition) is 4. The minimum Gasteiger partial charge on any atom is -0.329 e. The Morgan fingerprint density at radius 1 is 1.33 bits per heavy atom. The Hall–Kier alpha value is -1.89. The number of carbonyl (C=O) groups excluding carboxylic acids is 1. The van der Waals surface area contributed by atoms with Gasteiger partial charge in [-0.3, -0.25) is 14.5 Å². The van der Waals surface area contributed by atoms with Gasteiger partial charge in [0.05, 0.1) is 4.90 Å². The zero-order valence-electron chi connectivity index (χ0n) is 9.59. The lowest BCUT2D eigenvalue weighted by Crippen LogP contribution is -2.29.